The van der Waals surface area contributed by atoms with Crippen LogP contribution in [0.15, 0.2) is 41.7 Å². The van der Waals surface area contributed by atoms with Gasteiger partial charge >= 0.3 is 0 Å². The van der Waals surface area contributed by atoms with Gasteiger partial charge in [0.2, 0.25) is 5.90 Å². The largest absolute Gasteiger partial charge is 0.466 e. The maximum absolute atomic E-state index is 11.1. The lowest BCUT2D eigenvalue weighted by Gasteiger charge is -2.19. The van der Waals surface area contributed by atoms with Crippen LogP contribution < -0.4 is 5.32 Å². The second-order valence-electron chi connectivity index (χ2n) is 2.72. The van der Waals surface area contributed by atoms with Gasteiger partial charge in [0.25, 0.3) is 5.91 Å². The van der Waals surface area contributed by atoms with Gasteiger partial charge in [-0.25, -0.2) is 4.99 Å². The molecule has 1 amide bonds. The van der Waals surface area contributed by atoms with E-state index in [0.717, 1.165) is 5.57 Å². The first-order valence-electron chi connectivity index (χ1n) is 6.14. The van der Waals surface area contributed by atoms with Crippen molar-refractivity contribution in [2.45, 2.75) is 34.6 Å². The third kappa shape index (κ3) is 6.03. The molecule has 1 saturated heterocycles. The van der Waals surface area contributed by atoms with E-state index in [-0.39, 0.29) is 12.5 Å². The van der Waals surface area contributed by atoms with E-state index < -0.39 is 0 Å². The minimum atomic E-state index is -0.191. The van der Waals surface area contributed by atoms with Gasteiger partial charge in [0.05, 0.1) is 0 Å². The third-order valence-electron chi connectivity index (χ3n) is 1.73. The standard InChI is InChI=1S/C10H12N2O2.2C2H6/c1-4-7(3)9-10(11-5-2)14-6-8(13)12-9;2*1-2/h4-5H,1-2,6H2,3H3,(H,12,13);2*1-2H3/b9-7+,11-10?;;. The Labute approximate surface area is 110 Å². The van der Waals surface area contributed by atoms with Gasteiger partial charge < -0.3 is 10.1 Å². The molecule has 0 aliphatic carbocycles. The molecule has 1 rings (SSSR count). The van der Waals surface area contributed by atoms with E-state index in [1.807, 2.05) is 34.6 Å². The van der Waals surface area contributed by atoms with Gasteiger partial charge in [0, 0.05) is 6.20 Å². The highest BCUT2D eigenvalue weighted by molar-refractivity contribution is 6.02. The Morgan fingerprint density at radius 1 is 1.33 bits per heavy atom. The van der Waals surface area contributed by atoms with E-state index in [1.165, 1.54) is 6.20 Å². The van der Waals surface area contributed by atoms with Gasteiger partial charge in [-0.2, -0.15) is 0 Å². The first-order valence-corrected chi connectivity index (χ1v) is 6.14. The first kappa shape index (κ1) is 18.5. The summed E-state index contributed by atoms with van der Waals surface area (Å²) >= 11 is 0. The molecule has 1 N–H and O–H groups in total. The molecule has 0 aromatic carbocycles. The molecule has 0 atom stereocenters. The third-order valence-corrected chi connectivity index (χ3v) is 1.73. The van der Waals surface area contributed by atoms with Gasteiger partial charge in [-0.15, -0.1) is 0 Å². The van der Waals surface area contributed by atoms with Crippen molar-refractivity contribution in [2.75, 3.05) is 6.61 Å². The van der Waals surface area contributed by atoms with E-state index >= 15 is 0 Å². The summed E-state index contributed by atoms with van der Waals surface area (Å²) in [7, 11) is 0. The monoisotopic (exact) mass is 252 g/mol. The van der Waals surface area contributed by atoms with Crippen molar-refractivity contribution < 1.29 is 9.53 Å². The van der Waals surface area contributed by atoms with E-state index in [4.69, 9.17) is 4.74 Å². The number of carbonyl (C=O) groups excluding carboxylic acids is 1. The van der Waals surface area contributed by atoms with Crippen LogP contribution in [0.2, 0.25) is 0 Å². The lowest BCUT2D eigenvalue weighted by Crippen LogP contribution is -2.39. The van der Waals surface area contributed by atoms with Gasteiger partial charge in [0.15, 0.2) is 6.61 Å². The molecule has 0 saturated carbocycles. The number of hydrogen-bond acceptors (Lipinski definition) is 3. The molecule has 1 aliphatic heterocycles. The molecule has 1 aliphatic rings. The second-order valence-corrected chi connectivity index (χ2v) is 2.72. The smallest absolute Gasteiger partial charge is 0.262 e. The molecule has 0 spiro atoms. The molecule has 0 bridgehead atoms. The normalized spacial score (nSPS) is 18.1. The number of carbonyl (C=O) groups is 1. The molecule has 0 radical (unpaired) electrons. The number of rotatable bonds is 2. The Morgan fingerprint density at radius 3 is 2.33 bits per heavy atom. The zero-order chi connectivity index (χ0) is 14.6. The Hall–Kier alpha value is -1.84. The SMILES string of the molecule is C=CN=C1OCC(=O)N/C1=C(\C)C=C.CC.CC. The van der Waals surface area contributed by atoms with Crippen LogP contribution in [0.3, 0.4) is 0 Å². The minimum absolute atomic E-state index is 0.0133. The molecule has 0 unspecified atom stereocenters. The van der Waals surface area contributed by atoms with E-state index in [9.17, 15) is 4.79 Å². The van der Waals surface area contributed by atoms with E-state index in [0.29, 0.717) is 11.6 Å². The molecule has 0 aromatic rings. The van der Waals surface area contributed by atoms with Crippen molar-refractivity contribution in [3.05, 3.63) is 36.7 Å². The lowest BCUT2D eigenvalue weighted by molar-refractivity contribution is -0.123. The van der Waals surface area contributed by atoms with Gasteiger partial charge in [-0.1, -0.05) is 46.9 Å². The van der Waals surface area contributed by atoms with Crippen LogP contribution in [0.1, 0.15) is 34.6 Å². The summed E-state index contributed by atoms with van der Waals surface area (Å²) in [5.41, 5.74) is 1.36. The van der Waals surface area contributed by atoms with Crippen molar-refractivity contribution in [1.82, 2.24) is 5.32 Å². The van der Waals surface area contributed by atoms with Crippen LogP contribution in [0.25, 0.3) is 0 Å². The summed E-state index contributed by atoms with van der Waals surface area (Å²) < 4.78 is 5.13. The van der Waals surface area contributed by atoms with Gasteiger partial charge in [-0.05, 0) is 12.5 Å². The summed E-state index contributed by atoms with van der Waals surface area (Å²) in [6.07, 6.45) is 2.99. The Bertz CT molecular complexity index is 342. The fourth-order valence-corrected chi connectivity index (χ4v) is 0.989. The fourth-order valence-electron chi connectivity index (χ4n) is 0.989. The summed E-state index contributed by atoms with van der Waals surface area (Å²) in [4.78, 5) is 15.0. The lowest BCUT2D eigenvalue weighted by atomic mass is 10.2. The van der Waals surface area contributed by atoms with Crippen molar-refractivity contribution >= 4 is 11.8 Å². The molecular weight excluding hydrogens is 228 g/mol. The van der Waals surface area contributed by atoms with Crippen LogP contribution in [0.5, 0.6) is 0 Å². The zero-order valence-corrected chi connectivity index (χ0v) is 12.0. The van der Waals surface area contributed by atoms with Crippen molar-refractivity contribution in [3.63, 3.8) is 0 Å². The van der Waals surface area contributed by atoms with Crippen molar-refractivity contribution in [1.29, 1.82) is 0 Å². The number of amides is 1. The highest BCUT2D eigenvalue weighted by atomic mass is 16.5. The quantitative estimate of drug-likeness (QED) is 0.820. The summed E-state index contributed by atoms with van der Waals surface area (Å²) in [6.45, 7) is 16.9. The number of nitrogens with one attached hydrogen (secondary N) is 1. The molecule has 18 heavy (non-hydrogen) atoms. The molecular formula is C14H24N2O2. The molecule has 1 fully saturated rings. The van der Waals surface area contributed by atoms with Crippen LogP contribution in [-0.2, 0) is 9.53 Å². The first-order chi connectivity index (χ1) is 8.69. The Balaban J connectivity index is 0. The highest BCUT2D eigenvalue weighted by Gasteiger charge is 2.20. The van der Waals surface area contributed by atoms with Crippen LogP contribution in [0, 0.1) is 0 Å². The number of hydrogen-bond donors (Lipinski definition) is 1. The summed E-state index contributed by atoms with van der Waals surface area (Å²) in [6, 6.07) is 0. The topological polar surface area (TPSA) is 50.7 Å². The molecule has 4 nitrogen and oxygen atoms in total. The Kier molecular flexibility index (Phi) is 12.0. The average Bonchev–Trinajstić information content (AvgIpc) is 2.44. The van der Waals surface area contributed by atoms with Crippen LogP contribution >= 0.6 is 0 Å². The number of allylic oxidation sites excluding steroid dienone is 2. The number of morpholine rings is 1. The van der Waals surface area contributed by atoms with Crippen molar-refractivity contribution in [2.24, 2.45) is 4.99 Å². The van der Waals surface area contributed by atoms with Crippen molar-refractivity contribution in [3.8, 4) is 0 Å². The van der Waals surface area contributed by atoms with E-state index in [2.05, 4.69) is 23.5 Å². The number of ether oxygens (including phenoxy) is 1. The predicted molar refractivity (Wildman–Crippen MR) is 77.3 cm³/mol. The molecule has 0 aromatic heterocycles. The van der Waals surface area contributed by atoms with Crippen LogP contribution in [0.4, 0.5) is 0 Å². The van der Waals surface area contributed by atoms with Crippen LogP contribution in [-0.4, -0.2) is 18.4 Å². The summed E-state index contributed by atoms with van der Waals surface area (Å²) in [5, 5.41) is 2.67. The minimum Gasteiger partial charge on any atom is -0.466 e. The highest BCUT2D eigenvalue weighted by Crippen LogP contribution is 2.09. The second kappa shape index (κ2) is 11.6. The van der Waals surface area contributed by atoms with E-state index in [1.54, 1.807) is 6.08 Å². The average molecular weight is 252 g/mol. The zero-order valence-electron chi connectivity index (χ0n) is 12.0. The van der Waals surface area contributed by atoms with Gasteiger partial charge in [0.1, 0.15) is 5.70 Å². The maximum Gasteiger partial charge on any atom is 0.262 e. The summed E-state index contributed by atoms with van der Waals surface area (Å²) in [5.74, 6) is 0.182. The Morgan fingerprint density at radius 2 is 1.89 bits per heavy atom. The predicted octanol–water partition coefficient (Wildman–Crippen LogP) is 3.19. The number of aliphatic imine (C=N–C) groups is 1. The molecule has 4 heteroatoms. The molecule has 1 heterocycles. The van der Waals surface area contributed by atoms with Gasteiger partial charge in [-0.3, -0.25) is 4.79 Å². The fraction of sp³-hybridized carbons (Fsp3) is 0.429. The maximum atomic E-state index is 11.1. The molecule has 102 valence electrons. The number of nitrogens with zero attached hydrogens (tertiary/aromatic N) is 1.